The van der Waals surface area contributed by atoms with E-state index in [4.69, 9.17) is 0 Å². The van der Waals surface area contributed by atoms with E-state index >= 15 is 0 Å². The monoisotopic (exact) mass is 295 g/mol. The minimum Gasteiger partial charge on any atom is -0.481 e. The molecule has 0 bridgehead atoms. The van der Waals surface area contributed by atoms with Gasteiger partial charge in [-0.25, -0.2) is 0 Å². The average molecular weight is 295 g/mol. The van der Waals surface area contributed by atoms with Gasteiger partial charge >= 0.3 is 5.97 Å². The van der Waals surface area contributed by atoms with Crippen molar-refractivity contribution in [1.29, 1.82) is 0 Å². The Bertz CT molecular complexity index is 436. The van der Waals surface area contributed by atoms with Gasteiger partial charge in [-0.3, -0.25) is 9.59 Å². The summed E-state index contributed by atoms with van der Waals surface area (Å²) in [5, 5.41) is 12.0. The first-order valence-electron chi connectivity index (χ1n) is 6.58. The molecule has 0 saturated carbocycles. The normalized spacial score (nSPS) is 13.5. The molecule has 0 heterocycles. The number of nitrogens with one attached hydrogen (secondary N) is 1. The molecular formula is C15H21NO3S. The van der Waals surface area contributed by atoms with E-state index in [0.717, 1.165) is 11.3 Å². The van der Waals surface area contributed by atoms with E-state index in [1.54, 1.807) is 11.8 Å². The Morgan fingerprint density at radius 3 is 2.50 bits per heavy atom. The van der Waals surface area contributed by atoms with Crippen molar-refractivity contribution in [2.45, 2.75) is 13.3 Å². The first-order chi connectivity index (χ1) is 9.54. The van der Waals surface area contributed by atoms with E-state index in [1.165, 1.54) is 0 Å². The van der Waals surface area contributed by atoms with Crippen molar-refractivity contribution in [1.82, 2.24) is 5.32 Å². The van der Waals surface area contributed by atoms with E-state index in [0.29, 0.717) is 6.42 Å². The van der Waals surface area contributed by atoms with Crippen LogP contribution in [0.25, 0.3) is 0 Å². The van der Waals surface area contributed by atoms with Crippen molar-refractivity contribution < 1.29 is 14.7 Å². The van der Waals surface area contributed by atoms with Gasteiger partial charge in [0.1, 0.15) is 0 Å². The van der Waals surface area contributed by atoms with Gasteiger partial charge in [0, 0.05) is 18.2 Å². The van der Waals surface area contributed by atoms with Gasteiger partial charge < -0.3 is 10.4 Å². The van der Waals surface area contributed by atoms with Crippen LogP contribution in [0.15, 0.2) is 30.3 Å². The first kappa shape index (κ1) is 16.6. The van der Waals surface area contributed by atoms with Crippen LogP contribution in [-0.2, 0) is 16.0 Å². The molecule has 0 saturated heterocycles. The molecule has 0 aliphatic carbocycles. The van der Waals surface area contributed by atoms with Crippen molar-refractivity contribution in [2.75, 3.05) is 18.6 Å². The highest BCUT2D eigenvalue weighted by Gasteiger charge is 2.20. The number of carbonyl (C=O) groups excluding carboxylic acids is 1. The lowest BCUT2D eigenvalue weighted by Crippen LogP contribution is -2.37. The van der Waals surface area contributed by atoms with Crippen molar-refractivity contribution in [3.63, 3.8) is 0 Å². The molecule has 0 aromatic heterocycles. The molecule has 0 spiro atoms. The number of benzene rings is 1. The van der Waals surface area contributed by atoms with Crippen LogP contribution in [0.2, 0.25) is 0 Å². The maximum atomic E-state index is 11.8. The highest BCUT2D eigenvalue weighted by molar-refractivity contribution is 7.98. The van der Waals surface area contributed by atoms with Crippen LogP contribution in [0.3, 0.4) is 0 Å². The van der Waals surface area contributed by atoms with Crippen LogP contribution in [0.1, 0.15) is 12.5 Å². The molecule has 4 nitrogen and oxygen atoms in total. The van der Waals surface area contributed by atoms with Gasteiger partial charge in [0.05, 0.1) is 5.92 Å². The highest BCUT2D eigenvalue weighted by atomic mass is 32.2. The fourth-order valence-electron chi connectivity index (χ4n) is 1.87. The Morgan fingerprint density at radius 2 is 1.95 bits per heavy atom. The fourth-order valence-corrected chi connectivity index (χ4v) is 2.52. The van der Waals surface area contributed by atoms with E-state index in [-0.39, 0.29) is 18.4 Å². The summed E-state index contributed by atoms with van der Waals surface area (Å²) in [6.07, 6.45) is 2.37. The summed E-state index contributed by atoms with van der Waals surface area (Å²) in [5.41, 5.74) is 0.964. The standard InChI is InChI=1S/C15H21NO3S/c1-11(10-20-2)14(17)16-9-13(15(18)19)8-12-6-4-3-5-7-12/h3-7,11,13H,8-10H2,1-2H3,(H,16,17)(H,18,19). The summed E-state index contributed by atoms with van der Waals surface area (Å²) in [6.45, 7) is 2.01. The molecule has 5 heteroatoms. The fraction of sp³-hybridized carbons (Fsp3) is 0.467. The lowest BCUT2D eigenvalue weighted by molar-refractivity contribution is -0.141. The number of rotatable bonds is 8. The number of amides is 1. The number of thioether (sulfide) groups is 1. The van der Waals surface area contributed by atoms with Crippen molar-refractivity contribution >= 4 is 23.6 Å². The highest BCUT2D eigenvalue weighted by Crippen LogP contribution is 2.09. The zero-order chi connectivity index (χ0) is 15.0. The number of hydrogen-bond donors (Lipinski definition) is 2. The van der Waals surface area contributed by atoms with Crippen LogP contribution in [-0.4, -0.2) is 35.5 Å². The summed E-state index contributed by atoms with van der Waals surface area (Å²) in [5.74, 6) is -0.924. The Hall–Kier alpha value is -1.49. The van der Waals surface area contributed by atoms with Crippen molar-refractivity contribution in [3.05, 3.63) is 35.9 Å². The quantitative estimate of drug-likeness (QED) is 0.770. The zero-order valence-corrected chi connectivity index (χ0v) is 12.7. The topological polar surface area (TPSA) is 66.4 Å². The molecule has 2 atom stereocenters. The Labute approximate surface area is 124 Å². The summed E-state index contributed by atoms with van der Waals surface area (Å²) >= 11 is 1.60. The van der Waals surface area contributed by atoms with Gasteiger partial charge in [-0.15, -0.1) is 0 Å². The minimum absolute atomic E-state index is 0.0846. The molecule has 1 amide bonds. The smallest absolute Gasteiger partial charge is 0.308 e. The second-order valence-electron chi connectivity index (χ2n) is 4.83. The zero-order valence-electron chi connectivity index (χ0n) is 11.8. The summed E-state index contributed by atoms with van der Waals surface area (Å²) in [4.78, 5) is 23.1. The SMILES string of the molecule is CSCC(C)C(=O)NCC(Cc1ccccc1)C(=O)O. The number of hydrogen-bond acceptors (Lipinski definition) is 3. The van der Waals surface area contributed by atoms with E-state index in [1.807, 2.05) is 43.5 Å². The van der Waals surface area contributed by atoms with Crippen LogP contribution in [0, 0.1) is 11.8 Å². The van der Waals surface area contributed by atoms with E-state index in [9.17, 15) is 14.7 Å². The van der Waals surface area contributed by atoms with Gasteiger partial charge in [0.25, 0.3) is 0 Å². The molecular weight excluding hydrogens is 274 g/mol. The van der Waals surface area contributed by atoms with E-state index < -0.39 is 11.9 Å². The number of aliphatic carboxylic acids is 1. The molecule has 2 unspecified atom stereocenters. The molecule has 110 valence electrons. The summed E-state index contributed by atoms with van der Waals surface area (Å²) < 4.78 is 0. The van der Waals surface area contributed by atoms with Gasteiger partial charge in [-0.2, -0.15) is 11.8 Å². The van der Waals surface area contributed by atoms with Crippen LogP contribution < -0.4 is 5.32 Å². The third-order valence-corrected chi connectivity index (χ3v) is 3.89. The number of carboxylic acids is 1. The summed E-state index contributed by atoms with van der Waals surface area (Å²) in [7, 11) is 0. The molecule has 0 fully saturated rings. The van der Waals surface area contributed by atoms with Crippen molar-refractivity contribution in [3.8, 4) is 0 Å². The number of carbonyl (C=O) groups is 2. The third kappa shape index (κ3) is 5.65. The molecule has 1 aromatic carbocycles. The Balaban J connectivity index is 2.52. The predicted octanol–water partition coefficient (Wildman–Crippen LogP) is 2.05. The molecule has 0 aliphatic heterocycles. The number of carboxylic acid groups (broad SMARTS) is 1. The van der Waals surface area contributed by atoms with Crippen LogP contribution >= 0.6 is 11.8 Å². The maximum absolute atomic E-state index is 11.8. The molecule has 0 radical (unpaired) electrons. The first-order valence-corrected chi connectivity index (χ1v) is 7.97. The second kappa shape index (κ2) is 8.64. The molecule has 1 rings (SSSR count). The lowest BCUT2D eigenvalue weighted by Gasteiger charge is -2.16. The Kier molecular flexibility index (Phi) is 7.15. The van der Waals surface area contributed by atoms with Crippen molar-refractivity contribution in [2.24, 2.45) is 11.8 Å². The van der Waals surface area contributed by atoms with Crippen LogP contribution in [0.5, 0.6) is 0 Å². The van der Waals surface area contributed by atoms with Gasteiger partial charge in [0.15, 0.2) is 0 Å². The van der Waals surface area contributed by atoms with Gasteiger partial charge in [0.2, 0.25) is 5.91 Å². The minimum atomic E-state index is -0.883. The summed E-state index contributed by atoms with van der Waals surface area (Å²) in [6, 6.07) is 9.45. The van der Waals surface area contributed by atoms with E-state index in [2.05, 4.69) is 5.32 Å². The third-order valence-electron chi connectivity index (χ3n) is 3.06. The lowest BCUT2D eigenvalue weighted by atomic mass is 9.99. The average Bonchev–Trinajstić information content (AvgIpc) is 2.44. The molecule has 20 heavy (non-hydrogen) atoms. The molecule has 1 aromatic rings. The van der Waals surface area contributed by atoms with Gasteiger partial charge in [-0.05, 0) is 18.2 Å². The Morgan fingerprint density at radius 1 is 1.30 bits per heavy atom. The maximum Gasteiger partial charge on any atom is 0.308 e. The molecule has 0 aliphatic rings. The molecule has 2 N–H and O–H groups in total. The van der Waals surface area contributed by atoms with Gasteiger partial charge in [-0.1, -0.05) is 37.3 Å². The van der Waals surface area contributed by atoms with Crippen LogP contribution in [0.4, 0.5) is 0 Å². The largest absolute Gasteiger partial charge is 0.481 e. The second-order valence-corrected chi connectivity index (χ2v) is 5.74. The predicted molar refractivity (Wildman–Crippen MR) is 81.8 cm³/mol.